The molecule has 4 aromatic rings. The number of aliphatic hydroxyl groups is 1. The molecule has 1 saturated carbocycles. The molecule has 0 amide bonds. The SMILES string of the molecule is COc1c(F)ccc(C(Nc2cccc3nc(C)ccc23)C(O)(CC2CC2c2ncc[nH]2)C(F)(F)F)c1F. The van der Waals surface area contributed by atoms with Crippen molar-refractivity contribution in [3.63, 3.8) is 0 Å². The number of hydrogen-bond acceptors (Lipinski definition) is 5. The predicted octanol–water partition coefficient (Wildman–Crippen LogP) is 6.19. The number of aromatic nitrogens is 3. The molecule has 38 heavy (non-hydrogen) atoms. The number of H-pyrrole nitrogens is 1. The minimum absolute atomic E-state index is 0.198. The van der Waals surface area contributed by atoms with Gasteiger partial charge in [-0.25, -0.2) is 13.8 Å². The Balaban J connectivity index is 1.63. The number of benzene rings is 2. The average Bonchev–Trinajstić information content (AvgIpc) is 3.39. The van der Waals surface area contributed by atoms with Crippen molar-refractivity contribution in [2.45, 2.75) is 43.5 Å². The number of pyridine rings is 1. The van der Waals surface area contributed by atoms with Gasteiger partial charge in [0.2, 0.25) is 0 Å². The molecule has 0 spiro atoms. The number of fused-ring (bicyclic) bond motifs is 1. The van der Waals surface area contributed by atoms with E-state index < -0.39 is 53.1 Å². The Morgan fingerprint density at radius 1 is 1.16 bits per heavy atom. The second-order valence-electron chi connectivity index (χ2n) is 9.59. The number of halogens is 5. The highest BCUT2D eigenvalue weighted by Gasteiger charge is 2.63. The Kier molecular flexibility index (Phi) is 6.50. The number of ether oxygens (including phenoxy) is 1. The Morgan fingerprint density at radius 2 is 1.95 bits per heavy atom. The van der Waals surface area contributed by atoms with Crippen LogP contribution in [0, 0.1) is 24.5 Å². The van der Waals surface area contributed by atoms with E-state index in [2.05, 4.69) is 20.3 Å². The molecule has 4 unspecified atom stereocenters. The number of alkyl halides is 3. The lowest BCUT2D eigenvalue weighted by molar-refractivity contribution is -0.270. The van der Waals surface area contributed by atoms with Crippen LogP contribution in [0.4, 0.5) is 27.6 Å². The molecular weight excluding hydrogens is 507 g/mol. The quantitative estimate of drug-likeness (QED) is 0.236. The van der Waals surface area contributed by atoms with Crippen molar-refractivity contribution in [1.29, 1.82) is 0 Å². The summed E-state index contributed by atoms with van der Waals surface area (Å²) >= 11 is 0. The van der Waals surface area contributed by atoms with Crippen LogP contribution in [0.5, 0.6) is 5.75 Å². The number of nitrogens with zero attached hydrogens (tertiary/aromatic N) is 2. The van der Waals surface area contributed by atoms with Crippen LogP contribution in [0.2, 0.25) is 0 Å². The summed E-state index contributed by atoms with van der Waals surface area (Å²) in [4.78, 5) is 11.4. The van der Waals surface area contributed by atoms with E-state index in [0.717, 1.165) is 19.2 Å². The van der Waals surface area contributed by atoms with Crippen molar-refractivity contribution in [2.24, 2.45) is 5.92 Å². The summed E-state index contributed by atoms with van der Waals surface area (Å²) in [6.45, 7) is 1.77. The third-order valence-corrected chi connectivity index (χ3v) is 7.10. The predicted molar refractivity (Wildman–Crippen MR) is 131 cm³/mol. The summed E-state index contributed by atoms with van der Waals surface area (Å²) < 4.78 is 79.0. The maximum atomic E-state index is 15.5. The molecule has 0 aliphatic heterocycles. The summed E-state index contributed by atoms with van der Waals surface area (Å²) in [5.74, 6) is -3.60. The van der Waals surface area contributed by atoms with Crippen LogP contribution in [-0.2, 0) is 0 Å². The normalized spacial score (nSPS) is 19.7. The summed E-state index contributed by atoms with van der Waals surface area (Å²) in [6, 6.07) is 7.84. The van der Waals surface area contributed by atoms with Crippen LogP contribution in [0.1, 0.15) is 41.9 Å². The van der Waals surface area contributed by atoms with E-state index >= 15 is 4.39 Å². The number of aromatic amines is 1. The van der Waals surface area contributed by atoms with Gasteiger partial charge in [-0.3, -0.25) is 4.98 Å². The number of nitrogens with one attached hydrogen (secondary N) is 2. The van der Waals surface area contributed by atoms with Crippen LogP contribution in [0.15, 0.2) is 54.9 Å². The lowest BCUT2D eigenvalue weighted by Crippen LogP contribution is -2.53. The first-order chi connectivity index (χ1) is 18.0. The maximum Gasteiger partial charge on any atom is 0.419 e. The first kappa shape index (κ1) is 25.9. The van der Waals surface area contributed by atoms with Crippen LogP contribution >= 0.6 is 0 Å². The lowest BCUT2D eigenvalue weighted by atomic mass is 9.82. The number of rotatable bonds is 8. The molecule has 11 heteroatoms. The zero-order valence-electron chi connectivity index (χ0n) is 20.5. The van der Waals surface area contributed by atoms with Crippen molar-refractivity contribution in [2.75, 3.05) is 12.4 Å². The van der Waals surface area contributed by atoms with Gasteiger partial charge in [0, 0.05) is 40.6 Å². The van der Waals surface area contributed by atoms with Gasteiger partial charge < -0.3 is 20.1 Å². The Bertz CT molecular complexity index is 1460. The van der Waals surface area contributed by atoms with Gasteiger partial charge in [0.05, 0.1) is 18.7 Å². The smallest absolute Gasteiger partial charge is 0.419 e. The van der Waals surface area contributed by atoms with Crippen LogP contribution < -0.4 is 10.1 Å². The van der Waals surface area contributed by atoms with E-state index in [9.17, 15) is 22.7 Å². The van der Waals surface area contributed by atoms with Crippen molar-refractivity contribution >= 4 is 16.6 Å². The molecule has 1 aliphatic carbocycles. The molecule has 1 aliphatic rings. The van der Waals surface area contributed by atoms with Crippen LogP contribution in [0.25, 0.3) is 10.9 Å². The van der Waals surface area contributed by atoms with E-state index in [1.807, 2.05) is 0 Å². The Hall–Kier alpha value is -3.73. The van der Waals surface area contributed by atoms with Gasteiger partial charge >= 0.3 is 6.18 Å². The topological polar surface area (TPSA) is 83.1 Å². The van der Waals surface area contributed by atoms with Gasteiger partial charge in [-0.15, -0.1) is 0 Å². The van der Waals surface area contributed by atoms with Crippen molar-refractivity contribution in [3.05, 3.63) is 83.6 Å². The van der Waals surface area contributed by atoms with Gasteiger partial charge in [0.1, 0.15) is 5.82 Å². The zero-order chi connectivity index (χ0) is 27.2. The summed E-state index contributed by atoms with van der Waals surface area (Å²) in [5.41, 5.74) is -2.63. The molecule has 2 aromatic heterocycles. The lowest BCUT2D eigenvalue weighted by Gasteiger charge is -2.39. The Labute approximate surface area is 214 Å². The molecule has 0 bridgehead atoms. The molecule has 2 heterocycles. The largest absolute Gasteiger partial charge is 0.491 e. The molecular formula is C27H25F5N4O2. The fourth-order valence-corrected chi connectivity index (χ4v) is 5.04. The highest BCUT2D eigenvalue weighted by molar-refractivity contribution is 5.91. The zero-order valence-corrected chi connectivity index (χ0v) is 20.5. The minimum atomic E-state index is -5.19. The fraction of sp³-hybridized carbons (Fsp3) is 0.333. The summed E-state index contributed by atoms with van der Waals surface area (Å²) in [6.07, 6.45) is -2.48. The van der Waals surface area contributed by atoms with Crippen molar-refractivity contribution < 1.29 is 31.8 Å². The molecule has 0 radical (unpaired) electrons. The number of anilines is 1. The molecule has 5 rings (SSSR count). The fourth-order valence-electron chi connectivity index (χ4n) is 5.04. The Morgan fingerprint density at radius 3 is 2.63 bits per heavy atom. The molecule has 2 aromatic carbocycles. The van der Waals surface area contributed by atoms with Crippen LogP contribution in [-0.4, -0.2) is 38.9 Å². The molecule has 3 N–H and O–H groups in total. The van der Waals surface area contributed by atoms with Gasteiger partial charge in [0.15, 0.2) is 23.0 Å². The molecule has 200 valence electrons. The third kappa shape index (κ3) is 4.55. The van der Waals surface area contributed by atoms with E-state index in [0.29, 0.717) is 28.8 Å². The number of methoxy groups -OCH3 is 1. The molecule has 4 atom stereocenters. The maximum absolute atomic E-state index is 15.5. The number of imidazole rings is 1. The van der Waals surface area contributed by atoms with Gasteiger partial charge in [-0.1, -0.05) is 12.1 Å². The highest BCUT2D eigenvalue weighted by atomic mass is 19.4. The number of hydrogen-bond donors (Lipinski definition) is 3. The minimum Gasteiger partial charge on any atom is -0.491 e. The monoisotopic (exact) mass is 532 g/mol. The molecule has 6 nitrogen and oxygen atoms in total. The third-order valence-electron chi connectivity index (χ3n) is 7.10. The van der Waals surface area contributed by atoms with Crippen molar-refractivity contribution in [1.82, 2.24) is 15.0 Å². The van der Waals surface area contributed by atoms with Gasteiger partial charge in [0.25, 0.3) is 0 Å². The standard InChI is InChI=1S/C27H25F5N4O2/c1-14-6-7-16-20(35-14)4-3-5-21(16)36-24(17-8-9-19(28)23(38-2)22(17)29)26(37,27(30,31)32)13-15-12-18(15)25-33-10-11-34-25/h3-11,15,18,24,36-37H,12-13H2,1-2H3,(H,33,34). The van der Waals surface area contributed by atoms with Gasteiger partial charge in [-0.05, 0) is 56.0 Å². The van der Waals surface area contributed by atoms with E-state index in [-0.39, 0.29) is 11.6 Å². The van der Waals surface area contributed by atoms with Crippen LogP contribution in [0.3, 0.4) is 0 Å². The van der Waals surface area contributed by atoms with E-state index in [1.54, 1.807) is 37.4 Å². The van der Waals surface area contributed by atoms with E-state index in [4.69, 9.17) is 4.74 Å². The van der Waals surface area contributed by atoms with E-state index in [1.165, 1.54) is 12.3 Å². The second kappa shape index (κ2) is 9.54. The first-order valence-electron chi connectivity index (χ1n) is 12.0. The summed E-state index contributed by atoms with van der Waals surface area (Å²) in [7, 11) is 1.01. The highest BCUT2D eigenvalue weighted by Crippen LogP contribution is 2.56. The summed E-state index contributed by atoms with van der Waals surface area (Å²) in [5, 5.41) is 14.7. The van der Waals surface area contributed by atoms with Crippen molar-refractivity contribution in [3.8, 4) is 5.75 Å². The van der Waals surface area contributed by atoms with Gasteiger partial charge in [-0.2, -0.15) is 13.2 Å². The second-order valence-corrected chi connectivity index (χ2v) is 9.59. The molecule has 0 saturated heterocycles. The number of aryl methyl sites for hydroxylation is 1. The first-order valence-corrected chi connectivity index (χ1v) is 12.0. The average molecular weight is 533 g/mol. The molecule has 1 fully saturated rings.